The molecule has 4 nitrogen and oxygen atoms in total. The molecule has 5 heteroatoms. The highest BCUT2D eigenvalue weighted by Crippen LogP contribution is 2.36. The molecule has 2 unspecified atom stereocenters. The molecule has 0 aromatic rings. The standard InChI is InChI=1S/C10H17NO3S/c1-7(8-2-3-8)10(12)11-9-4-5-15(13,14)6-9/h7-9H,2-6H2,1H3,(H,11,12). The van der Waals surface area contributed by atoms with Gasteiger partial charge >= 0.3 is 0 Å². The Morgan fingerprint density at radius 2 is 2.00 bits per heavy atom. The predicted octanol–water partition coefficient (Wildman–Crippen LogP) is 0.336. The van der Waals surface area contributed by atoms with Gasteiger partial charge in [0, 0.05) is 12.0 Å². The van der Waals surface area contributed by atoms with Gasteiger partial charge in [-0.05, 0) is 25.2 Å². The molecule has 1 N–H and O–H groups in total. The normalized spacial score (nSPS) is 31.1. The van der Waals surface area contributed by atoms with E-state index in [-0.39, 0.29) is 29.4 Å². The number of hydrogen-bond acceptors (Lipinski definition) is 3. The number of amides is 1. The number of carbonyl (C=O) groups is 1. The van der Waals surface area contributed by atoms with E-state index < -0.39 is 9.84 Å². The predicted molar refractivity (Wildman–Crippen MR) is 57.1 cm³/mol. The minimum Gasteiger partial charge on any atom is -0.352 e. The van der Waals surface area contributed by atoms with E-state index in [9.17, 15) is 13.2 Å². The first-order valence-corrected chi connectivity index (χ1v) is 7.31. The molecular weight excluding hydrogens is 214 g/mol. The molecule has 0 radical (unpaired) electrons. The Bertz CT molecular complexity index is 359. The molecule has 1 aliphatic heterocycles. The lowest BCUT2D eigenvalue weighted by Gasteiger charge is -2.15. The molecule has 1 amide bonds. The molecule has 2 rings (SSSR count). The highest BCUT2D eigenvalue weighted by atomic mass is 32.2. The van der Waals surface area contributed by atoms with Crippen LogP contribution in [0.3, 0.4) is 0 Å². The summed E-state index contributed by atoms with van der Waals surface area (Å²) in [5.41, 5.74) is 0. The second-order valence-corrected chi connectivity index (χ2v) is 6.96. The maximum Gasteiger partial charge on any atom is 0.223 e. The molecule has 2 aliphatic rings. The third kappa shape index (κ3) is 2.71. The van der Waals surface area contributed by atoms with Crippen molar-refractivity contribution in [3.8, 4) is 0 Å². The van der Waals surface area contributed by atoms with E-state index in [2.05, 4.69) is 5.32 Å². The number of sulfone groups is 1. The largest absolute Gasteiger partial charge is 0.352 e. The zero-order valence-corrected chi connectivity index (χ0v) is 9.72. The lowest BCUT2D eigenvalue weighted by Crippen LogP contribution is -2.39. The molecule has 2 fully saturated rings. The van der Waals surface area contributed by atoms with Crippen molar-refractivity contribution in [3.05, 3.63) is 0 Å². The van der Waals surface area contributed by atoms with Crippen LogP contribution in [0.2, 0.25) is 0 Å². The van der Waals surface area contributed by atoms with Crippen LogP contribution in [-0.4, -0.2) is 31.9 Å². The lowest BCUT2D eigenvalue weighted by molar-refractivity contribution is -0.125. The Balaban J connectivity index is 1.84. The Hall–Kier alpha value is -0.580. The van der Waals surface area contributed by atoms with E-state index in [4.69, 9.17) is 0 Å². The zero-order chi connectivity index (χ0) is 11.1. The van der Waals surface area contributed by atoms with Crippen molar-refractivity contribution in [2.45, 2.75) is 32.2 Å². The summed E-state index contributed by atoms with van der Waals surface area (Å²) in [6.07, 6.45) is 2.85. The quantitative estimate of drug-likeness (QED) is 0.761. The van der Waals surface area contributed by atoms with E-state index in [1.165, 1.54) is 0 Å². The van der Waals surface area contributed by atoms with Gasteiger partial charge in [0.25, 0.3) is 0 Å². The summed E-state index contributed by atoms with van der Waals surface area (Å²) >= 11 is 0. The van der Waals surface area contributed by atoms with Gasteiger partial charge in [-0.2, -0.15) is 0 Å². The van der Waals surface area contributed by atoms with Crippen molar-refractivity contribution in [1.82, 2.24) is 5.32 Å². The van der Waals surface area contributed by atoms with Gasteiger partial charge in [-0.3, -0.25) is 4.79 Å². The van der Waals surface area contributed by atoms with Crippen LogP contribution in [0.4, 0.5) is 0 Å². The highest BCUT2D eigenvalue weighted by molar-refractivity contribution is 7.91. The average molecular weight is 231 g/mol. The molecule has 1 saturated heterocycles. The Morgan fingerprint density at radius 1 is 1.33 bits per heavy atom. The van der Waals surface area contributed by atoms with E-state index in [1.807, 2.05) is 6.92 Å². The molecule has 1 heterocycles. The van der Waals surface area contributed by atoms with Crippen LogP contribution < -0.4 is 5.32 Å². The molecular formula is C10H17NO3S. The van der Waals surface area contributed by atoms with Crippen molar-refractivity contribution in [3.63, 3.8) is 0 Å². The molecule has 0 aromatic carbocycles. The van der Waals surface area contributed by atoms with Gasteiger partial charge in [-0.15, -0.1) is 0 Å². The maximum atomic E-state index is 11.7. The van der Waals surface area contributed by atoms with Crippen LogP contribution >= 0.6 is 0 Å². The summed E-state index contributed by atoms with van der Waals surface area (Å²) in [6, 6.07) is -0.149. The fourth-order valence-electron chi connectivity index (χ4n) is 2.05. The highest BCUT2D eigenvalue weighted by Gasteiger charge is 2.35. The van der Waals surface area contributed by atoms with Gasteiger partial charge < -0.3 is 5.32 Å². The number of rotatable bonds is 3. The van der Waals surface area contributed by atoms with Gasteiger partial charge in [-0.25, -0.2) is 8.42 Å². The third-order valence-corrected chi connectivity index (χ3v) is 5.09. The summed E-state index contributed by atoms with van der Waals surface area (Å²) in [5.74, 6) is 0.946. The zero-order valence-electron chi connectivity index (χ0n) is 8.90. The fraction of sp³-hybridized carbons (Fsp3) is 0.900. The molecule has 0 spiro atoms. The van der Waals surface area contributed by atoms with Crippen LogP contribution in [0.1, 0.15) is 26.2 Å². The third-order valence-electron chi connectivity index (χ3n) is 3.32. The molecule has 0 bridgehead atoms. The number of hydrogen-bond donors (Lipinski definition) is 1. The summed E-state index contributed by atoms with van der Waals surface area (Å²) < 4.78 is 22.4. The second-order valence-electron chi connectivity index (χ2n) is 4.73. The van der Waals surface area contributed by atoms with Crippen molar-refractivity contribution in [2.75, 3.05) is 11.5 Å². The van der Waals surface area contributed by atoms with Crippen LogP contribution in [0.15, 0.2) is 0 Å². The van der Waals surface area contributed by atoms with Gasteiger partial charge in [0.1, 0.15) is 0 Å². The fourth-order valence-corrected chi connectivity index (χ4v) is 3.73. The number of carbonyl (C=O) groups excluding carboxylic acids is 1. The monoisotopic (exact) mass is 231 g/mol. The second kappa shape index (κ2) is 3.77. The van der Waals surface area contributed by atoms with E-state index >= 15 is 0 Å². The smallest absolute Gasteiger partial charge is 0.223 e. The first-order valence-electron chi connectivity index (χ1n) is 5.49. The summed E-state index contributed by atoms with van der Waals surface area (Å²) in [6.45, 7) is 1.93. The van der Waals surface area contributed by atoms with Gasteiger partial charge in [0.2, 0.25) is 5.91 Å². The molecule has 1 saturated carbocycles. The average Bonchev–Trinajstić information content (AvgIpc) is 2.91. The van der Waals surface area contributed by atoms with E-state index in [1.54, 1.807) is 0 Å². The van der Waals surface area contributed by atoms with Crippen LogP contribution in [-0.2, 0) is 14.6 Å². The molecule has 15 heavy (non-hydrogen) atoms. The summed E-state index contributed by atoms with van der Waals surface area (Å²) in [7, 11) is -2.89. The Labute approximate surface area is 90.3 Å². The van der Waals surface area contributed by atoms with Gasteiger partial charge in [0.15, 0.2) is 9.84 Å². The molecule has 86 valence electrons. The molecule has 0 aromatic heterocycles. The van der Waals surface area contributed by atoms with Crippen LogP contribution in [0.25, 0.3) is 0 Å². The first kappa shape index (κ1) is 10.9. The van der Waals surface area contributed by atoms with Gasteiger partial charge in [0.05, 0.1) is 11.5 Å². The summed E-state index contributed by atoms with van der Waals surface area (Å²) in [4.78, 5) is 11.7. The number of nitrogens with one attached hydrogen (secondary N) is 1. The van der Waals surface area contributed by atoms with Crippen molar-refractivity contribution < 1.29 is 13.2 Å². The topological polar surface area (TPSA) is 63.2 Å². The Morgan fingerprint density at radius 3 is 2.47 bits per heavy atom. The Kier molecular flexibility index (Phi) is 2.75. The molecule has 2 atom stereocenters. The van der Waals surface area contributed by atoms with E-state index in [0.29, 0.717) is 12.3 Å². The maximum absolute atomic E-state index is 11.7. The molecule has 1 aliphatic carbocycles. The van der Waals surface area contributed by atoms with Crippen LogP contribution in [0.5, 0.6) is 0 Å². The SMILES string of the molecule is CC(C(=O)NC1CCS(=O)(=O)C1)C1CC1. The first-order chi connectivity index (χ1) is 6.98. The minimum atomic E-state index is -2.89. The van der Waals surface area contributed by atoms with Crippen molar-refractivity contribution >= 4 is 15.7 Å². The van der Waals surface area contributed by atoms with Crippen molar-refractivity contribution in [2.24, 2.45) is 11.8 Å². The van der Waals surface area contributed by atoms with E-state index in [0.717, 1.165) is 12.8 Å². The van der Waals surface area contributed by atoms with Crippen molar-refractivity contribution in [1.29, 1.82) is 0 Å². The van der Waals surface area contributed by atoms with Gasteiger partial charge in [-0.1, -0.05) is 6.92 Å². The van der Waals surface area contributed by atoms with Crippen LogP contribution in [0, 0.1) is 11.8 Å². The lowest BCUT2D eigenvalue weighted by atomic mass is 10.1. The summed E-state index contributed by atoms with van der Waals surface area (Å²) in [5, 5.41) is 2.84. The minimum absolute atomic E-state index is 0.0274.